The normalized spacial score (nSPS) is 15.5. The number of nitriles is 1. The van der Waals surface area contributed by atoms with Crippen molar-refractivity contribution in [1.82, 2.24) is 9.88 Å². The molecule has 31 heavy (non-hydrogen) atoms. The Labute approximate surface area is 184 Å². The van der Waals surface area contributed by atoms with Crippen LogP contribution in [0.2, 0.25) is 0 Å². The van der Waals surface area contributed by atoms with Crippen LogP contribution in [0.4, 0.5) is 4.79 Å². The number of hydrogen-bond donors (Lipinski definition) is 0. The van der Waals surface area contributed by atoms with Crippen LogP contribution in [-0.2, 0) is 24.1 Å². The van der Waals surface area contributed by atoms with Gasteiger partial charge in [-0.25, -0.2) is 9.78 Å². The lowest BCUT2D eigenvalue weighted by atomic mass is 9.86. The third-order valence-corrected chi connectivity index (χ3v) is 6.23. The number of hydrogen-bond acceptors (Lipinski definition) is 4. The van der Waals surface area contributed by atoms with Crippen molar-refractivity contribution < 1.29 is 9.53 Å². The number of allylic oxidation sites excluding steroid dienone is 2. The predicted molar refractivity (Wildman–Crippen MR) is 121 cm³/mol. The third-order valence-electron chi connectivity index (χ3n) is 6.23. The van der Waals surface area contributed by atoms with Crippen LogP contribution >= 0.6 is 0 Å². The number of carbonyl (C=O) groups is 1. The fourth-order valence-corrected chi connectivity index (χ4v) is 4.69. The highest BCUT2D eigenvalue weighted by Gasteiger charge is 2.30. The maximum absolute atomic E-state index is 12.6. The summed E-state index contributed by atoms with van der Waals surface area (Å²) in [5, 5.41) is 9.63. The van der Waals surface area contributed by atoms with Gasteiger partial charge in [0.05, 0.1) is 0 Å². The van der Waals surface area contributed by atoms with Gasteiger partial charge >= 0.3 is 6.09 Å². The Balaban J connectivity index is 1.79. The summed E-state index contributed by atoms with van der Waals surface area (Å²) in [4.78, 5) is 19.0. The highest BCUT2D eigenvalue weighted by Crippen LogP contribution is 2.43. The highest BCUT2D eigenvalue weighted by molar-refractivity contribution is 5.90. The lowest BCUT2D eigenvalue weighted by Crippen LogP contribution is -2.40. The molecule has 0 radical (unpaired) electrons. The molecule has 0 saturated carbocycles. The molecule has 1 aliphatic carbocycles. The summed E-state index contributed by atoms with van der Waals surface area (Å²) in [6.45, 7) is 13.1. The second-order valence-corrected chi connectivity index (χ2v) is 9.56. The third kappa shape index (κ3) is 3.72. The zero-order chi connectivity index (χ0) is 22.5. The fourth-order valence-electron chi connectivity index (χ4n) is 4.69. The van der Waals surface area contributed by atoms with Gasteiger partial charge in [0.2, 0.25) is 0 Å². The van der Waals surface area contributed by atoms with E-state index in [1.54, 1.807) is 4.90 Å². The second kappa shape index (κ2) is 7.53. The number of rotatable bonds is 1. The molecule has 1 aromatic carbocycles. The van der Waals surface area contributed by atoms with Gasteiger partial charge in [0.15, 0.2) is 0 Å². The van der Waals surface area contributed by atoms with E-state index < -0.39 is 5.60 Å². The van der Waals surface area contributed by atoms with Crippen LogP contribution in [0.1, 0.15) is 68.3 Å². The Morgan fingerprint density at radius 3 is 2.58 bits per heavy atom. The van der Waals surface area contributed by atoms with Gasteiger partial charge in [0.25, 0.3) is 0 Å². The summed E-state index contributed by atoms with van der Waals surface area (Å²) in [5.74, 6) is 0. The van der Waals surface area contributed by atoms with Gasteiger partial charge in [-0.2, -0.15) is 5.26 Å². The van der Waals surface area contributed by atoms with E-state index in [1.165, 1.54) is 27.8 Å². The minimum absolute atomic E-state index is 0.268. The van der Waals surface area contributed by atoms with Crippen LogP contribution in [0.15, 0.2) is 23.8 Å². The topological polar surface area (TPSA) is 66.2 Å². The van der Waals surface area contributed by atoms with Crippen LogP contribution in [0, 0.1) is 18.3 Å². The number of aryl methyl sites for hydroxylation is 1. The maximum atomic E-state index is 12.6. The predicted octanol–water partition coefficient (Wildman–Crippen LogP) is 5.57. The molecule has 2 heterocycles. The average Bonchev–Trinajstić information content (AvgIpc) is 3.00. The summed E-state index contributed by atoms with van der Waals surface area (Å²) >= 11 is 0. The molecule has 1 amide bonds. The highest BCUT2D eigenvalue weighted by atomic mass is 16.6. The molecule has 0 fully saturated rings. The van der Waals surface area contributed by atoms with E-state index in [0.717, 1.165) is 35.2 Å². The van der Waals surface area contributed by atoms with Crippen LogP contribution in [-0.4, -0.2) is 28.1 Å². The van der Waals surface area contributed by atoms with E-state index in [2.05, 4.69) is 43.1 Å². The zero-order valence-corrected chi connectivity index (χ0v) is 19.2. The Bertz CT molecular complexity index is 1160. The molecule has 1 aromatic heterocycles. The number of carbonyl (C=O) groups excluding carboxylic acids is 1. The Hall–Kier alpha value is -3.13. The number of amides is 1. The van der Waals surface area contributed by atoms with Gasteiger partial charge in [-0.05, 0) is 82.2 Å². The maximum Gasteiger partial charge on any atom is 0.410 e. The van der Waals surface area contributed by atoms with E-state index in [0.29, 0.717) is 18.8 Å². The molecule has 0 atom stereocenters. The molecule has 0 bridgehead atoms. The van der Waals surface area contributed by atoms with E-state index in [9.17, 15) is 10.1 Å². The first-order valence-corrected chi connectivity index (χ1v) is 10.8. The molecule has 2 aliphatic rings. The number of pyridine rings is 1. The lowest BCUT2D eigenvalue weighted by Gasteiger charge is -2.32. The molecular weight excluding hydrogens is 386 g/mol. The molecule has 0 unspecified atom stereocenters. The Morgan fingerprint density at radius 2 is 1.90 bits per heavy atom. The first-order valence-electron chi connectivity index (χ1n) is 10.8. The van der Waals surface area contributed by atoms with Gasteiger partial charge < -0.3 is 9.64 Å². The van der Waals surface area contributed by atoms with Gasteiger partial charge in [-0.3, -0.25) is 0 Å². The molecule has 5 heteroatoms. The first-order chi connectivity index (χ1) is 14.6. The van der Waals surface area contributed by atoms with Crippen molar-refractivity contribution in [2.45, 2.75) is 66.5 Å². The van der Waals surface area contributed by atoms with Gasteiger partial charge in [0.1, 0.15) is 17.4 Å². The van der Waals surface area contributed by atoms with Crippen molar-refractivity contribution in [2.24, 2.45) is 0 Å². The molecule has 0 N–H and O–H groups in total. The lowest BCUT2D eigenvalue weighted by molar-refractivity contribution is 0.0224. The van der Waals surface area contributed by atoms with Crippen LogP contribution < -0.4 is 0 Å². The van der Waals surface area contributed by atoms with Crippen molar-refractivity contribution in [1.29, 1.82) is 5.26 Å². The summed E-state index contributed by atoms with van der Waals surface area (Å²) in [6.07, 6.45) is 1.28. The van der Waals surface area contributed by atoms with Crippen LogP contribution in [0.25, 0.3) is 16.7 Å². The Morgan fingerprint density at radius 1 is 1.16 bits per heavy atom. The number of benzene rings is 1. The standard InChI is InChI=1S/C26H29N3O2/c1-15-12-21-22(13-27)28-17(3)24(23(21)16(15)2)20-9-7-8-18-14-29(11-10-19(18)20)25(30)31-26(4,5)6/h7-9H,10-12,14H2,1-6H3. The van der Waals surface area contributed by atoms with Gasteiger partial charge in [0, 0.05) is 29.9 Å². The van der Waals surface area contributed by atoms with Crippen molar-refractivity contribution >= 4 is 11.7 Å². The van der Waals surface area contributed by atoms with E-state index in [-0.39, 0.29) is 6.09 Å². The molecule has 4 rings (SSSR count). The smallest absolute Gasteiger partial charge is 0.410 e. The van der Waals surface area contributed by atoms with Crippen molar-refractivity contribution in [3.8, 4) is 17.2 Å². The molecule has 160 valence electrons. The molecule has 0 spiro atoms. The molecule has 5 nitrogen and oxygen atoms in total. The monoisotopic (exact) mass is 415 g/mol. The number of fused-ring (bicyclic) bond motifs is 2. The van der Waals surface area contributed by atoms with E-state index in [4.69, 9.17) is 4.74 Å². The summed E-state index contributed by atoms with van der Waals surface area (Å²) < 4.78 is 5.58. The fraction of sp³-hybridized carbons (Fsp3) is 0.423. The zero-order valence-electron chi connectivity index (χ0n) is 19.2. The van der Waals surface area contributed by atoms with Gasteiger partial charge in [-0.1, -0.05) is 23.8 Å². The van der Waals surface area contributed by atoms with Crippen LogP contribution in [0.3, 0.4) is 0 Å². The number of nitrogens with zero attached hydrogens (tertiary/aromatic N) is 3. The Kier molecular flexibility index (Phi) is 5.13. The summed E-state index contributed by atoms with van der Waals surface area (Å²) in [7, 11) is 0. The quantitative estimate of drug-likeness (QED) is 0.610. The SMILES string of the molecule is CC1=C(C)c2c(c(C#N)nc(C)c2-c2cccc3c2CCN(C(=O)OC(C)(C)C)C3)C1. The van der Waals surface area contributed by atoms with Crippen LogP contribution in [0.5, 0.6) is 0 Å². The van der Waals surface area contributed by atoms with Crippen molar-refractivity contribution in [3.05, 3.63) is 57.4 Å². The first kappa shape index (κ1) is 21.1. The average molecular weight is 416 g/mol. The van der Waals surface area contributed by atoms with Crippen molar-refractivity contribution in [3.63, 3.8) is 0 Å². The molecular formula is C26H29N3O2. The number of aromatic nitrogens is 1. The molecule has 2 aromatic rings. The van der Waals surface area contributed by atoms with E-state index >= 15 is 0 Å². The number of ether oxygens (including phenoxy) is 1. The minimum Gasteiger partial charge on any atom is -0.444 e. The van der Waals surface area contributed by atoms with Gasteiger partial charge in [-0.15, -0.1) is 0 Å². The molecule has 0 saturated heterocycles. The molecule has 1 aliphatic heterocycles. The second-order valence-electron chi connectivity index (χ2n) is 9.56. The summed E-state index contributed by atoms with van der Waals surface area (Å²) in [6, 6.07) is 8.59. The minimum atomic E-state index is -0.507. The largest absolute Gasteiger partial charge is 0.444 e. The van der Waals surface area contributed by atoms with E-state index in [1.807, 2.05) is 27.7 Å². The summed E-state index contributed by atoms with van der Waals surface area (Å²) in [5.41, 5.74) is 10.4. The van der Waals surface area contributed by atoms with Crippen molar-refractivity contribution in [2.75, 3.05) is 6.54 Å².